The lowest BCUT2D eigenvalue weighted by Gasteiger charge is -2.25. The molecule has 6 heteroatoms. The van der Waals surface area contributed by atoms with E-state index >= 15 is 0 Å². The minimum absolute atomic E-state index is 0.0276. The predicted molar refractivity (Wildman–Crippen MR) is 107 cm³/mol. The van der Waals surface area contributed by atoms with E-state index in [0.29, 0.717) is 18.7 Å². The molecule has 2 aromatic rings. The standard InChI is InChI=1S/C21H22N2O3S/c1-26-12-11-23-17-10-9-15(22-20(24)14-5-4-6-14)13-19(17)27-18-8-3-2-7-16(18)21(23)25/h2-3,7-10,13-14H,4-6,11-12H2,1H3,(H,22,24). The lowest BCUT2D eigenvalue weighted by atomic mass is 9.85. The first-order chi connectivity index (χ1) is 13.2. The molecule has 2 aromatic carbocycles. The lowest BCUT2D eigenvalue weighted by Crippen LogP contribution is -2.34. The summed E-state index contributed by atoms with van der Waals surface area (Å²) >= 11 is 1.56. The van der Waals surface area contributed by atoms with Crippen molar-refractivity contribution < 1.29 is 14.3 Å². The molecule has 0 atom stereocenters. The van der Waals surface area contributed by atoms with E-state index in [1.165, 1.54) is 0 Å². The van der Waals surface area contributed by atoms with Crippen LogP contribution in [0.1, 0.15) is 29.6 Å². The normalized spacial score (nSPS) is 16.2. The highest BCUT2D eigenvalue weighted by Gasteiger charge is 2.28. The van der Waals surface area contributed by atoms with Gasteiger partial charge in [-0.3, -0.25) is 9.59 Å². The Hall–Kier alpha value is -2.31. The molecule has 0 aromatic heterocycles. The molecule has 1 heterocycles. The fourth-order valence-electron chi connectivity index (χ4n) is 3.32. The molecule has 1 fully saturated rings. The number of anilines is 2. The summed E-state index contributed by atoms with van der Waals surface area (Å²) in [7, 11) is 1.63. The number of hydrogen-bond acceptors (Lipinski definition) is 4. The largest absolute Gasteiger partial charge is 0.383 e. The topological polar surface area (TPSA) is 58.6 Å². The zero-order valence-corrected chi connectivity index (χ0v) is 16.1. The lowest BCUT2D eigenvalue weighted by molar-refractivity contribution is -0.122. The van der Waals surface area contributed by atoms with Crippen molar-refractivity contribution >= 4 is 35.0 Å². The summed E-state index contributed by atoms with van der Waals surface area (Å²) in [5, 5.41) is 3.03. The number of rotatable bonds is 5. The van der Waals surface area contributed by atoms with Crippen molar-refractivity contribution in [3.8, 4) is 0 Å². The van der Waals surface area contributed by atoms with Crippen LogP contribution in [-0.4, -0.2) is 32.1 Å². The molecule has 1 saturated carbocycles. The fourth-order valence-corrected chi connectivity index (χ4v) is 4.44. The monoisotopic (exact) mass is 382 g/mol. The third-order valence-corrected chi connectivity index (χ3v) is 6.22. The highest BCUT2D eigenvalue weighted by atomic mass is 32.2. The highest BCUT2D eigenvalue weighted by molar-refractivity contribution is 7.99. The molecule has 0 radical (unpaired) electrons. The number of hydrogen-bond donors (Lipinski definition) is 1. The van der Waals surface area contributed by atoms with Crippen molar-refractivity contribution in [1.82, 2.24) is 0 Å². The van der Waals surface area contributed by atoms with Crippen molar-refractivity contribution in [2.75, 3.05) is 30.5 Å². The van der Waals surface area contributed by atoms with E-state index in [9.17, 15) is 9.59 Å². The molecule has 1 N–H and O–H groups in total. The summed E-state index contributed by atoms with van der Waals surface area (Å²) < 4.78 is 5.20. The molecule has 1 aliphatic heterocycles. The third kappa shape index (κ3) is 3.59. The fraction of sp³-hybridized carbons (Fsp3) is 0.333. The van der Waals surface area contributed by atoms with Crippen LogP contribution < -0.4 is 10.2 Å². The smallest absolute Gasteiger partial charge is 0.259 e. The van der Waals surface area contributed by atoms with Gasteiger partial charge in [0.25, 0.3) is 5.91 Å². The van der Waals surface area contributed by atoms with Crippen LogP contribution in [0.25, 0.3) is 0 Å². The number of ether oxygens (including phenoxy) is 1. The minimum atomic E-state index is -0.0276. The van der Waals surface area contributed by atoms with E-state index in [1.54, 1.807) is 23.8 Å². The first-order valence-electron chi connectivity index (χ1n) is 9.20. The van der Waals surface area contributed by atoms with Gasteiger partial charge >= 0.3 is 0 Å². The molecule has 2 amide bonds. The van der Waals surface area contributed by atoms with E-state index in [-0.39, 0.29) is 17.7 Å². The predicted octanol–water partition coefficient (Wildman–Crippen LogP) is 4.18. The second-order valence-electron chi connectivity index (χ2n) is 6.85. The molecule has 0 unspecified atom stereocenters. The van der Waals surface area contributed by atoms with Crippen LogP contribution in [0.5, 0.6) is 0 Å². The number of carbonyl (C=O) groups excluding carboxylic acids is 2. The Morgan fingerprint density at radius 2 is 2.04 bits per heavy atom. The zero-order valence-electron chi connectivity index (χ0n) is 15.2. The van der Waals surface area contributed by atoms with E-state index in [0.717, 1.165) is 40.4 Å². The van der Waals surface area contributed by atoms with Crippen molar-refractivity contribution in [2.24, 2.45) is 5.92 Å². The third-order valence-electron chi connectivity index (χ3n) is 5.10. The van der Waals surface area contributed by atoms with E-state index in [2.05, 4.69) is 5.32 Å². The number of methoxy groups -OCH3 is 1. The second kappa shape index (κ2) is 7.74. The molecule has 0 spiro atoms. The first-order valence-corrected chi connectivity index (χ1v) is 10.0. The van der Waals surface area contributed by atoms with Gasteiger partial charge in [0.05, 0.1) is 17.9 Å². The van der Waals surface area contributed by atoms with Gasteiger partial charge in [-0.2, -0.15) is 0 Å². The Bertz CT molecular complexity index is 879. The molecule has 0 saturated heterocycles. The summed E-state index contributed by atoms with van der Waals surface area (Å²) in [4.78, 5) is 29.0. The highest BCUT2D eigenvalue weighted by Crippen LogP contribution is 2.42. The number of carbonyl (C=O) groups is 2. The maximum Gasteiger partial charge on any atom is 0.259 e. The average Bonchev–Trinajstić information content (AvgIpc) is 2.73. The van der Waals surface area contributed by atoms with Gasteiger partial charge in [-0.05, 0) is 43.2 Å². The van der Waals surface area contributed by atoms with Crippen LogP contribution in [0.2, 0.25) is 0 Å². The van der Waals surface area contributed by atoms with Crippen molar-refractivity contribution in [3.05, 3.63) is 48.0 Å². The van der Waals surface area contributed by atoms with Gasteiger partial charge in [-0.25, -0.2) is 0 Å². The summed E-state index contributed by atoms with van der Waals surface area (Å²) in [5.41, 5.74) is 2.31. The van der Waals surface area contributed by atoms with Crippen LogP contribution in [0.15, 0.2) is 52.3 Å². The molecular formula is C21H22N2O3S. The number of nitrogens with one attached hydrogen (secondary N) is 1. The average molecular weight is 382 g/mol. The molecule has 4 rings (SSSR count). The van der Waals surface area contributed by atoms with Gasteiger partial charge in [0.1, 0.15) is 0 Å². The molecule has 2 aliphatic rings. The van der Waals surface area contributed by atoms with Crippen molar-refractivity contribution in [1.29, 1.82) is 0 Å². The molecule has 0 bridgehead atoms. The Morgan fingerprint density at radius 3 is 2.78 bits per heavy atom. The number of benzene rings is 2. The summed E-state index contributed by atoms with van der Waals surface area (Å²) in [6.45, 7) is 0.934. The van der Waals surface area contributed by atoms with Gasteiger partial charge in [0.15, 0.2) is 0 Å². The van der Waals surface area contributed by atoms with Gasteiger partial charge in [0.2, 0.25) is 5.91 Å². The number of nitrogens with zero attached hydrogens (tertiary/aromatic N) is 1. The van der Waals surface area contributed by atoms with Gasteiger partial charge in [-0.15, -0.1) is 0 Å². The number of fused-ring (bicyclic) bond motifs is 2. The first kappa shape index (κ1) is 18.1. The Labute approximate surface area is 163 Å². The SMILES string of the molecule is COCCN1C(=O)c2ccccc2Sc2cc(NC(=O)C3CCC3)ccc21. The molecule has 1 aliphatic carbocycles. The maximum atomic E-state index is 13.1. The molecule has 5 nitrogen and oxygen atoms in total. The van der Waals surface area contributed by atoms with Crippen molar-refractivity contribution in [2.45, 2.75) is 29.1 Å². The summed E-state index contributed by atoms with van der Waals surface area (Å²) in [5.74, 6) is 0.199. The van der Waals surface area contributed by atoms with Gasteiger partial charge in [0, 0.05) is 35.1 Å². The summed E-state index contributed by atoms with van der Waals surface area (Å²) in [6, 6.07) is 13.4. The molecule has 140 valence electrons. The minimum Gasteiger partial charge on any atom is -0.383 e. The van der Waals surface area contributed by atoms with E-state index in [1.807, 2.05) is 42.5 Å². The summed E-state index contributed by atoms with van der Waals surface area (Å²) in [6.07, 6.45) is 3.07. The van der Waals surface area contributed by atoms with E-state index < -0.39 is 0 Å². The van der Waals surface area contributed by atoms with Crippen LogP contribution >= 0.6 is 11.8 Å². The van der Waals surface area contributed by atoms with Crippen LogP contribution in [0.4, 0.5) is 11.4 Å². The van der Waals surface area contributed by atoms with Crippen LogP contribution in [0, 0.1) is 5.92 Å². The Morgan fingerprint density at radius 1 is 1.22 bits per heavy atom. The Balaban J connectivity index is 1.69. The molecule has 27 heavy (non-hydrogen) atoms. The second-order valence-corrected chi connectivity index (χ2v) is 7.93. The quantitative estimate of drug-likeness (QED) is 0.843. The Kier molecular flexibility index (Phi) is 5.18. The van der Waals surface area contributed by atoms with Crippen molar-refractivity contribution in [3.63, 3.8) is 0 Å². The molecular weight excluding hydrogens is 360 g/mol. The van der Waals surface area contributed by atoms with Gasteiger partial charge < -0.3 is 15.0 Å². The van der Waals surface area contributed by atoms with Crippen LogP contribution in [0.3, 0.4) is 0 Å². The maximum absolute atomic E-state index is 13.1. The van der Waals surface area contributed by atoms with Crippen LogP contribution in [-0.2, 0) is 9.53 Å². The van der Waals surface area contributed by atoms with Gasteiger partial charge in [-0.1, -0.05) is 30.3 Å². The number of amides is 2. The zero-order chi connectivity index (χ0) is 18.8. The van der Waals surface area contributed by atoms with E-state index in [4.69, 9.17) is 4.74 Å².